The van der Waals surface area contributed by atoms with E-state index in [1.165, 1.54) is 24.3 Å². The van der Waals surface area contributed by atoms with Gasteiger partial charge < -0.3 is 0 Å². The van der Waals surface area contributed by atoms with Crippen molar-refractivity contribution < 1.29 is 16.8 Å². The summed E-state index contributed by atoms with van der Waals surface area (Å²) in [5, 5.41) is 19.1. The van der Waals surface area contributed by atoms with Crippen LogP contribution in [0.15, 0.2) is 51.8 Å². The second kappa shape index (κ2) is 9.28. The van der Waals surface area contributed by atoms with Crippen molar-refractivity contribution in [2.45, 2.75) is 49.3 Å². The Kier molecular flexibility index (Phi) is 6.88. The minimum Gasteiger partial charge on any atom is -0.224 e. The number of benzene rings is 2. The van der Waals surface area contributed by atoms with Crippen LogP contribution in [0.2, 0.25) is 0 Å². The van der Waals surface area contributed by atoms with E-state index >= 15 is 0 Å². The summed E-state index contributed by atoms with van der Waals surface area (Å²) in [6.45, 7) is 3.82. The van der Waals surface area contributed by atoms with Gasteiger partial charge >= 0.3 is 0 Å². The van der Waals surface area contributed by atoms with Crippen LogP contribution in [0.3, 0.4) is 0 Å². The van der Waals surface area contributed by atoms with Crippen LogP contribution in [0.1, 0.15) is 50.7 Å². The van der Waals surface area contributed by atoms with Gasteiger partial charge in [-0.2, -0.15) is 10.5 Å². The van der Waals surface area contributed by atoms with Crippen LogP contribution in [0.5, 0.6) is 0 Å². The van der Waals surface area contributed by atoms with Crippen molar-refractivity contribution >= 4 is 25.2 Å². The lowest BCUT2D eigenvalue weighted by molar-refractivity contribution is 0.591. The highest BCUT2D eigenvalue weighted by atomic mass is 32.2. The molecule has 2 aromatic rings. The first-order chi connectivity index (χ1) is 15.2. The Morgan fingerprint density at radius 3 is 1.47 bits per heavy atom. The van der Waals surface area contributed by atoms with E-state index in [0.29, 0.717) is 35.1 Å². The Morgan fingerprint density at radius 2 is 1.12 bits per heavy atom. The number of hydrogen-bond donors (Lipinski definition) is 0. The molecular weight excluding hydrogens is 444 g/mol. The molecule has 0 N–H and O–H groups in total. The molecule has 0 heterocycles. The van der Waals surface area contributed by atoms with Gasteiger partial charge in [0, 0.05) is 5.57 Å². The van der Waals surface area contributed by atoms with Crippen LogP contribution in [0.25, 0.3) is 16.7 Å². The number of rotatable bonds is 8. The molecule has 1 aliphatic carbocycles. The molecule has 0 spiro atoms. The number of nitriles is 2. The predicted octanol–water partition coefficient (Wildman–Crippen LogP) is 4.66. The number of allylic oxidation sites excluding steroid dienone is 1. The summed E-state index contributed by atoms with van der Waals surface area (Å²) in [5.74, 6) is 0.0227. The van der Waals surface area contributed by atoms with E-state index in [-0.39, 0.29) is 32.4 Å². The molecule has 2 aromatic carbocycles. The number of sulfone groups is 2. The molecule has 0 fully saturated rings. The zero-order chi connectivity index (χ0) is 23.5. The Bertz CT molecular complexity index is 1280. The van der Waals surface area contributed by atoms with Gasteiger partial charge in [0.1, 0.15) is 17.7 Å². The zero-order valence-corrected chi connectivity index (χ0v) is 19.7. The molecule has 0 amide bonds. The van der Waals surface area contributed by atoms with Crippen molar-refractivity contribution in [3.8, 4) is 23.3 Å². The Morgan fingerprint density at radius 1 is 0.719 bits per heavy atom. The molecule has 0 aromatic heterocycles. The molecule has 0 atom stereocenters. The fourth-order valence-corrected chi connectivity index (χ4v) is 6.73. The molecular formula is C24H24N2O4S2. The van der Waals surface area contributed by atoms with Crippen LogP contribution < -0.4 is 0 Å². The maximum absolute atomic E-state index is 12.7. The summed E-state index contributed by atoms with van der Waals surface area (Å²) in [6, 6.07) is 13.1. The highest BCUT2D eigenvalue weighted by Gasteiger charge is 2.30. The largest absolute Gasteiger partial charge is 0.224 e. The number of nitrogens with zero attached hydrogens (tertiary/aromatic N) is 2. The lowest BCUT2D eigenvalue weighted by Crippen LogP contribution is -2.07. The fourth-order valence-electron chi connectivity index (χ4n) is 3.77. The van der Waals surface area contributed by atoms with Gasteiger partial charge in [0.25, 0.3) is 0 Å². The molecule has 8 heteroatoms. The molecule has 1 aliphatic rings. The first-order valence-electron chi connectivity index (χ1n) is 10.5. The van der Waals surface area contributed by atoms with Crippen molar-refractivity contribution in [1.82, 2.24) is 0 Å². The lowest BCUT2D eigenvalue weighted by Gasteiger charge is -2.08. The van der Waals surface area contributed by atoms with Gasteiger partial charge in [0.2, 0.25) is 0 Å². The Labute approximate surface area is 189 Å². The SMILES string of the molecule is CCCCS(=O)(=O)c1ccc2c(c1)C(=C(C#N)C#N)c1cc(S(=O)(=O)CCCC)ccc1-2. The van der Waals surface area contributed by atoms with Gasteiger partial charge in [-0.25, -0.2) is 16.8 Å². The first kappa shape index (κ1) is 23.7. The molecule has 0 unspecified atom stereocenters. The van der Waals surface area contributed by atoms with E-state index < -0.39 is 19.7 Å². The van der Waals surface area contributed by atoms with Gasteiger partial charge in [-0.15, -0.1) is 0 Å². The molecule has 0 saturated carbocycles. The Hall–Kier alpha value is -2.94. The van der Waals surface area contributed by atoms with Crippen molar-refractivity contribution in [3.05, 3.63) is 53.1 Å². The molecule has 0 aliphatic heterocycles. The van der Waals surface area contributed by atoms with Gasteiger partial charge in [0.05, 0.1) is 21.3 Å². The van der Waals surface area contributed by atoms with E-state index in [1.54, 1.807) is 12.1 Å². The summed E-state index contributed by atoms with van der Waals surface area (Å²) in [4.78, 5) is 0.252. The second-order valence-corrected chi connectivity index (χ2v) is 12.0. The van der Waals surface area contributed by atoms with Crippen molar-refractivity contribution in [2.24, 2.45) is 0 Å². The first-order valence-corrected chi connectivity index (χ1v) is 13.8. The van der Waals surface area contributed by atoms with Crippen LogP contribution in [0.4, 0.5) is 0 Å². The topological polar surface area (TPSA) is 116 Å². The van der Waals surface area contributed by atoms with Crippen molar-refractivity contribution in [2.75, 3.05) is 11.5 Å². The van der Waals surface area contributed by atoms with E-state index in [2.05, 4.69) is 0 Å². The summed E-state index contributed by atoms with van der Waals surface area (Å²) >= 11 is 0. The number of hydrogen-bond acceptors (Lipinski definition) is 6. The van der Waals surface area contributed by atoms with Gasteiger partial charge in [0.15, 0.2) is 19.7 Å². The molecule has 0 bridgehead atoms. The Balaban J connectivity index is 2.23. The molecule has 6 nitrogen and oxygen atoms in total. The molecule has 32 heavy (non-hydrogen) atoms. The minimum atomic E-state index is -3.52. The van der Waals surface area contributed by atoms with Crippen molar-refractivity contribution in [1.29, 1.82) is 10.5 Å². The van der Waals surface area contributed by atoms with Gasteiger partial charge in [-0.3, -0.25) is 0 Å². The number of unbranched alkanes of at least 4 members (excludes halogenated alkanes) is 2. The third kappa shape index (κ3) is 4.34. The maximum Gasteiger partial charge on any atom is 0.178 e. The highest BCUT2D eigenvalue weighted by Crippen LogP contribution is 2.47. The highest BCUT2D eigenvalue weighted by molar-refractivity contribution is 7.91. The van der Waals surface area contributed by atoms with Crippen LogP contribution in [-0.2, 0) is 19.7 Å². The monoisotopic (exact) mass is 468 g/mol. The summed E-state index contributed by atoms with van der Waals surface area (Å²) in [6.07, 6.45) is 2.54. The van der Waals surface area contributed by atoms with E-state index in [4.69, 9.17) is 0 Å². The standard InChI is InChI=1S/C24H24N2O4S2/c1-3-5-11-31(27,28)18-7-9-20-21-10-8-19(32(29,30)12-6-4-2)14-23(21)24(22(20)13-18)17(15-25)16-26/h7-10,13-14H,3-6,11-12H2,1-2H3. The quantitative estimate of drug-likeness (QED) is 0.444. The molecule has 0 radical (unpaired) electrons. The van der Waals surface area contributed by atoms with E-state index in [1.807, 2.05) is 26.0 Å². The van der Waals surface area contributed by atoms with Crippen LogP contribution in [0, 0.1) is 22.7 Å². The fraction of sp³-hybridized carbons (Fsp3) is 0.333. The summed E-state index contributed by atoms with van der Waals surface area (Å²) in [5.41, 5.74) is 2.35. The predicted molar refractivity (Wildman–Crippen MR) is 123 cm³/mol. The summed E-state index contributed by atoms with van der Waals surface area (Å²) in [7, 11) is -7.04. The minimum absolute atomic E-state index is 0.0114. The zero-order valence-electron chi connectivity index (χ0n) is 18.1. The van der Waals surface area contributed by atoms with E-state index in [9.17, 15) is 27.4 Å². The second-order valence-electron chi connectivity index (χ2n) is 7.73. The molecule has 3 rings (SSSR count). The third-order valence-corrected chi connectivity index (χ3v) is 9.13. The molecule has 0 saturated heterocycles. The third-order valence-electron chi connectivity index (χ3n) is 5.54. The van der Waals surface area contributed by atoms with Gasteiger partial charge in [-0.05, 0) is 59.4 Å². The molecule has 166 valence electrons. The van der Waals surface area contributed by atoms with Crippen LogP contribution in [-0.4, -0.2) is 28.3 Å². The smallest absolute Gasteiger partial charge is 0.178 e. The normalized spacial score (nSPS) is 12.6. The van der Waals surface area contributed by atoms with E-state index in [0.717, 1.165) is 12.8 Å². The van der Waals surface area contributed by atoms with Crippen molar-refractivity contribution in [3.63, 3.8) is 0 Å². The number of fused-ring (bicyclic) bond motifs is 3. The maximum atomic E-state index is 12.7. The van der Waals surface area contributed by atoms with Crippen LogP contribution >= 0.6 is 0 Å². The average molecular weight is 469 g/mol. The lowest BCUT2D eigenvalue weighted by atomic mass is 9.99. The summed E-state index contributed by atoms with van der Waals surface area (Å²) < 4.78 is 51.0. The average Bonchev–Trinajstić information content (AvgIpc) is 3.10. The van der Waals surface area contributed by atoms with Gasteiger partial charge in [-0.1, -0.05) is 38.8 Å².